The number of nitrogens with zero attached hydrogens (tertiary/aromatic N) is 3. The van der Waals surface area contributed by atoms with E-state index in [1.54, 1.807) is 6.07 Å². The van der Waals surface area contributed by atoms with Gasteiger partial charge in [0.15, 0.2) is 5.69 Å². The lowest BCUT2D eigenvalue weighted by Crippen LogP contribution is -2.58. The number of hydrogen-bond donors (Lipinski definition) is 1. The van der Waals surface area contributed by atoms with Gasteiger partial charge in [-0.2, -0.15) is 5.10 Å². The molecular formula is C23H32N4O2. The first kappa shape index (κ1) is 20.1. The predicted molar refractivity (Wildman–Crippen MR) is 115 cm³/mol. The molecule has 6 heteroatoms. The standard InChI is InChI=1S/C23H32N4O2/c1-2-27-22(29)19-12-6-5-11-18(19)20(25-27)21(28)24-17-23(13-7-3-8-14-23)26-15-9-4-10-16-26/h5-6,11-12H,2-4,7-10,13-17H2,1H3,(H,24,28). The third-order valence-corrected chi connectivity index (χ3v) is 6.77. The van der Waals surface area contributed by atoms with E-state index >= 15 is 0 Å². The number of aryl methyl sites for hydroxylation is 1. The molecule has 2 heterocycles. The fourth-order valence-electron chi connectivity index (χ4n) is 5.13. The molecule has 0 spiro atoms. The van der Waals surface area contributed by atoms with Crippen molar-refractivity contribution in [2.24, 2.45) is 0 Å². The zero-order chi connectivity index (χ0) is 20.3. The first-order valence-electron chi connectivity index (χ1n) is 11.2. The quantitative estimate of drug-likeness (QED) is 0.842. The maximum atomic E-state index is 13.2. The molecule has 6 nitrogen and oxygen atoms in total. The first-order valence-corrected chi connectivity index (χ1v) is 11.2. The van der Waals surface area contributed by atoms with Crippen LogP contribution in [0.25, 0.3) is 10.8 Å². The number of nitrogens with one attached hydrogen (secondary N) is 1. The van der Waals surface area contributed by atoms with Crippen LogP contribution in [0.1, 0.15) is 68.8 Å². The lowest BCUT2D eigenvalue weighted by atomic mass is 9.79. The maximum Gasteiger partial charge on any atom is 0.274 e. The summed E-state index contributed by atoms with van der Waals surface area (Å²) in [7, 11) is 0. The topological polar surface area (TPSA) is 67.2 Å². The largest absolute Gasteiger partial charge is 0.349 e. The highest BCUT2D eigenvalue weighted by atomic mass is 16.2. The summed E-state index contributed by atoms with van der Waals surface area (Å²) < 4.78 is 1.39. The third kappa shape index (κ3) is 3.95. The minimum absolute atomic E-state index is 0.0728. The van der Waals surface area contributed by atoms with Gasteiger partial charge in [0, 0.05) is 24.0 Å². The van der Waals surface area contributed by atoms with Crippen molar-refractivity contribution in [1.29, 1.82) is 0 Å². The van der Waals surface area contributed by atoms with Gasteiger partial charge in [0.05, 0.1) is 5.39 Å². The zero-order valence-corrected chi connectivity index (χ0v) is 17.5. The lowest BCUT2D eigenvalue weighted by Gasteiger charge is -2.48. The van der Waals surface area contributed by atoms with Crippen LogP contribution in [0.15, 0.2) is 29.1 Å². The van der Waals surface area contributed by atoms with E-state index in [1.807, 2.05) is 25.1 Å². The predicted octanol–water partition coefficient (Wildman–Crippen LogP) is 3.34. The molecule has 0 atom stereocenters. The monoisotopic (exact) mass is 396 g/mol. The Morgan fingerprint density at radius 2 is 1.69 bits per heavy atom. The summed E-state index contributed by atoms with van der Waals surface area (Å²) >= 11 is 0. The Labute approximate surface area is 172 Å². The van der Waals surface area contributed by atoms with Crippen molar-refractivity contribution in [2.45, 2.75) is 70.4 Å². The molecule has 0 unspecified atom stereocenters. The minimum atomic E-state index is -0.176. The fourth-order valence-corrected chi connectivity index (χ4v) is 5.13. The Bertz CT molecular complexity index is 924. The van der Waals surface area contributed by atoms with Crippen LogP contribution in [0.2, 0.25) is 0 Å². The number of amides is 1. The van der Waals surface area contributed by atoms with Crippen LogP contribution >= 0.6 is 0 Å². The van der Waals surface area contributed by atoms with Crippen LogP contribution in [-0.4, -0.2) is 45.8 Å². The summed E-state index contributed by atoms with van der Waals surface area (Å²) in [4.78, 5) is 28.4. The van der Waals surface area contributed by atoms with E-state index in [1.165, 1.54) is 43.2 Å². The van der Waals surface area contributed by atoms with Crippen LogP contribution in [-0.2, 0) is 6.54 Å². The fraction of sp³-hybridized carbons (Fsp3) is 0.609. The van der Waals surface area contributed by atoms with Gasteiger partial charge < -0.3 is 5.32 Å². The number of benzene rings is 1. The minimum Gasteiger partial charge on any atom is -0.349 e. The van der Waals surface area contributed by atoms with E-state index in [2.05, 4.69) is 15.3 Å². The average molecular weight is 397 g/mol. The molecule has 29 heavy (non-hydrogen) atoms. The number of aromatic nitrogens is 2. The van der Waals surface area contributed by atoms with Crippen LogP contribution in [0.3, 0.4) is 0 Å². The highest BCUT2D eigenvalue weighted by molar-refractivity contribution is 6.04. The molecule has 1 saturated heterocycles. The zero-order valence-electron chi connectivity index (χ0n) is 17.5. The van der Waals surface area contributed by atoms with E-state index in [-0.39, 0.29) is 17.0 Å². The van der Waals surface area contributed by atoms with Gasteiger partial charge in [0.25, 0.3) is 11.5 Å². The lowest BCUT2D eigenvalue weighted by molar-refractivity contribution is 0.0326. The molecule has 0 bridgehead atoms. The van der Waals surface area contributed by atoms with E-state index in [9.17, 15) is 9.59 Å². The Morgan fingerprint density at radius 1 is 1.03 bits per heavy atom. The summed E-state index contributed by atoms with van der Waals surface area (Å²) in [5.41, 5.74) is 0.284. The Morgan fingerprint density at radius 3 is 2.38 bits per heavy atom. The van der Waals surface area contributed by atoms with E-state index < -0.39 is 0 Å². The number of likely N-dealkylation sites (tertiary alicyclic amines) is 1. The smallest absolute Gasteiger partial charge is 0.274 e. The molecule has 4 rings (SSSR count). The molecule has 1 aromatic heterocycles. The maximum absolute atomic E-state index is 13.2. The molecule has 1 aliphatic heterocycles. The molecule has 2 aromatic rings. The van der Waals surface area contributed by atoms with Crippen molar-refractivity contribution in [1.82, 2.24) is 20.0 Å². The highest BCUT2D eigenvalue weighted by Gasteiger charge is 2.38. The third-order valence-electron chi connectivity index (χ3n) is 6.77. The molecule has 2 aliphatic rings. The summed E-state index contributed by atoms with van der Waals surface area (Å²) in [6.07, 6.45) is 9.87. The van der Waals surface area contributed by atoms with Gasteiger partial charge in [-0.1, -0.05) is 43.9 Å². The van der Waals surface area contributed by atoms with Gasteiger partial charge in [-0.3, -0.25) is 14.5 Å². The summed E-state index contributed by atoms with van der Waals surface area (Å²) in [5, 5.41) is 8.80. The van der Waals surface area contributed by atoms with Gasteiger partial charge >= 0.3 is 0 Å². The molecule has 1 amide bonds. The molecule has 2 fully saturated rings. The number of rotatable bonds is 5. The molecule has 1 N–H and O–H groups in total. The number of carbonyl (C=O) groups is 1. The van der Waals surface area contributed by atoms with Crippen LogP contribution < -0.4 is 10.9 Å². The number of carbonyl (C=O) groups excluding carboxylic acids is 1. The Balaban J connectivity index is 1.60. The second kappa shape index (κ2) is 8.66. The molecule has 156 valence electrons. The van der Waals surface area contributed by atoms with Gasteiger partial charge in [-0.25, -0.2) is 4.68 Å². The Hall–Kier alpha value is -2.21. The first-order chi connectivity index (χ1) is 14.1. The number of fused-ring (bicyclic) bond motifs is 1. The number of hydrogen-bond acceptors (Lipinski definition) is 4. The van der Waals surface area contributed by atoms with Crippen molar-refractivity contribution in [3.8, 4) is 0 Å². The molecular weight excluding hydrogens is 364 g/mol. The van der Waals surface area contributed by atoms with Crippen molar-refractivity contribution in [3.05, 3.63) is 40.3 Å². The van der Waals surface area contributed by atoms with E-state index in [0.717, 1.165) is 25.9 Å². The van der Waals surface area contributed by atoms with Crippen LogP contribution in [0, 0.1) is 0 Å². The average Bonchev–Trinajstić information content (AvgIpc) is 2.79. The van der Waals surface area contributed by atoms with Gasteiger partial charge in [-0.15, -0.1) is 0 Å². The summed E-state index contributed by atoms with van der Waals surface area (Å²) in [5.74, 6) is -0.176. The molecule has 1 saturated carbocycles. The van der Waals surface area contributed by atoms with Crippen LogP contribution in [0.5, 0.6) is 0 Å². The van der Waals surface area contributed by atoms with Crippen molar-refractivity contribution in [2.75, 3.05) is 19.6 Å². The van der Waals surface area contributed by atoms with Crippen molar-refractivity contribution < 1.29 is 4.79 Å². The molecule has 1 aliphatic carbocycles. The van der Waals surface area contributed by atoms with E-state index in [0.29, 0.717) is 29.6 Å². The van der Waals surface area contributed by atoms with Crippen molar-refractivity contribution >= 4 is 16.7 Å². The second-order valence-corrected chi connectivity index (χ2v) is 8.53. The number of piperidine rings is 1. The van der Waals surface area contributed by atoms with E-state index in [4.69, 9.17) is 0 Å². The summed E-state index contributed by atoms with van der Waals surface area (Å²) in [6, 6.07) is 7.28. The highest BCUT2D eigenvalue weighted by Crippen LogP contribution is 2.35. The second-order valence-electron chi connectivity index (χ2n) is 8.53. The summed E-state index contributed by atoms with van der Waals surface area (Å²) in [6.45, 7) is 5.25. The Kier molecular flexibility index (Phi) is 5.99. The normalized spacial score (nSPS) is 19.9. The molecule has 0 radical (unpaired) electrons. The van der Waals surface area contributed by atoms with Crippen LogP contribution in [0.4, 0.5) is 0 Å². The SMILES string of the molecule is CCn1nc(C(=O)NCC2(N3CCCCC3)CCCCC2)c2ccccc2c1=O. The van der Waals surface area contributed by atoms with Crippen molar-refractivity contribution in [3.63, 3.8) is 0 Å². The van der Waals surface area contributed by atoms with Gasteiger partial charge in [-0.05, 0) is 51.8 Å². The van der Waals surface area contributed by atoms with Gasteiger partial charge in [0.1, 0.15) is 0 Å². The van der Waals surface area contributed by atoms with Gasteiger partial charge in [0.2, 0.25) is 0 Å². The molecule has 1 aromatic carbocycles.